The molecule has 0 atom stereocenters. The number of sulfonamides is 1. The van der Waals surface area contributed by atoms with Crippen LogP contribution in [0.25, 0.3) is 5.65 Å². The first-order chi connectivity index (χ1) is 9.75. The van der Waals surface area contributed by atoms with Crippen molar-refractivity contribution in [3.63, 3.8) is 0 Å². The number of sulfone groups is 1. The minimum absolute atomic E-state index is 0.0907. The van der Waals surface area contributed by atoms with Gasteiger partial charge < -0.3 is 4.40 Å². The molecule has 0 spiro atoms. The Kier molecular flexibility index (Phi) is 4.64. The Morgan fingerprint density at radius 2 is 1.95 bits per heavy atom. The summed E-state index contributed by atoms with van der Waals surface area (Å²) in [5, 5.41) is 0. The Balaban J connectivity index is 1.91. The van der Waals surface area contributed by atoms with Gasteiger partial charge in [-0.15, -0.1) is 0 Å². The molecule has 0 aliphatic rings. The van der Waals surface area contributed by atoms with Gasteiger partial charge in [0.2, 0.25) is 10.0 Å². The Bertz CT molecular complexity index is 825. The van der Waals surface area contributed by atoms with E-state index >= 15 is 0 Å². The fraction of sp³-hybridized carbons (Fsp3) is 0.417. The topological polar surface area (TPSA) is 97.6 Å². The van der Waals surface area contributed by atoms with Gasteiger partial charge in [-0.2, -0.15) is 0 Å². The molecule has 0 fully saturated rings. The maximum Gasteiger partial charge on any atom is 0.211 e. The molecule has 0 saturated heterocycles. The van der Waals surface area contributed by atoms with E-state index in [0.29, 0.717) is 0 Å². The predicted molar refractivity (Wildman–Crippen MR) is 80.1 cm³/mol. The van der Waals surface area contributed by atoms with Gasteiger partial charge in [0.15, 0.2) is 0 Å². The van der Waals surface area contributed by atoms with Gasteiger partial charge >= 0.3 is 0 Å². The molecule has 0 bridgehead atoms. The summed E-state index contributed by atoms with van der Waals surface area (Å²) in [6.07, 6.45) is 6.44. The number of hydrogen-bond donors (Lipinski definition) is 1. The molecule has 0 unspecified atom stereocenters. The van der Waals surface area contributed by atoms with Gasteiger partial charge in [0, 0.05) is 31.4 Å². The molecule has 2 aromatic rings. The van der Waals surface area contributed by atoms with Crippen LogP contribution in [0.1, 0.15) is 12.0 Å². The van der Waals surface area contributed by atoms with E-state index in [1.165, 1.54) is 0 Å². The second-order valence-electron chi connectivity index (χ2n) is 4.85. The molecule has 0 radical (unpaired) electrons. The van der Waals surface area contributed by atoms with Gasteiger partial charge in [-0.05, 0) is 24.1 Å². The molecule has 9 heteroatoms. The molecule has 2 heterocycles. The van der Waals surface area contributed by atoms with Crippen molar-refractivity contribution < 1.29 is 16.8 Å². The number of pyridine rings is 1. The maximum atomic E-state index is 11.8. The molecule has 0 aliphatic carbocycles. The molecule has 21 heavy (non-hydrogen) atoms. The first kappa shape index (κ1) is 15.9. The van der Waals surface area contributed by atoms with Crippen LogP contribution in [0.4, 0.5) is 0 Å². The van der Waals surface area contributed by atoms with Gasteiger partial charge in [-0.3, -0.25) is 0 Å². The SMILES string of the molecule is CS(=O)(=O)CCCS(=O)(=O)NCc1ccn2ccnc2c1. The summed E-state index contributed by atoms with van der Waals surface area (Å²) >= 11 is 0. The monoisotopic (exact) mass is 331 g/mol. The van der Waals surface area contributed by atoms with Crippen molar-refractivity contribution in [3.8, 4) is 0 Å². The van der Waals surface area contributed by atoms with E-state index < -0.39 is 19.9 Å². The van der Waals surface area contributed by atoms with Gasteiger partial charge in [0.1, 0.15) is 15.5 Å². The van der Waals surface area contributed by atoms with Gasteiger partial charge in [0.25, 0.3) is 0 Å². The van der Waals surface area contributed by atoms with E-state index in [2.05, 4.69) is 9.71 Å². The van der Waals surface area contributed by atoms with Crippen LogP contribution in [-0.2, 0) is 26.4 Å². The second-order valence-corrected chi connectivity index (χ2v) is 9.04. The normalized spacial score (nSPS) is 12.8. The molecule has 0 saturated carbocycles. The predicted octanol–water partition coefficient (Wildman–Crippen LogP) is 0.188. The molecular formula is C12H17N3O4S2. The molecule has 2 aromatic heterocycles. The summed E-state index contributed by atoms with van der Waals surface area (Å²) in [5.41, 5.74) is 1.53. The number of hydrogen-bond acceptors (Lipinski definition) is 5. The number of imidazole rings is 1. The molecule has 116 valence electrons. The third-order valence-corrected chi connectivity index (χ3v) is 5.33. The van der Waals surface area contributed by atoms with Gasteiger partial charge in [0.05, 0.1) is 11.5 Å². The third-order valence-electron chi connectivity index (χ3n) is 2.89. The van der Waals surface area contributed by atoms with E-state index in [9.17, 15) is 16.8 Å². The fourth-order valence-electron chi connectivity index (χ4n) is 1.84. The van der Waals surface area contributed by atoms with Gasteiger partial charge in [-0.1, -0.05) is 0 Å². The molecular weight excluding hydrogens is 314 g/mol. The van der Waals surface area contributed by atoms with Crippen molar-refractivity contribution in [2.45, 2.75) is 13.0 Å². The van der Waals surface area contributed by atoms with Crippen LogP contribution < -0.4 is 4.72 Å². The van der Waals surface area contributed by atoms with Crippen LogP contribution in [0.5, 0.6) is 0 Å². The lowest BCUT2D eigenvalue weighted by Crippen LogP contribution is -2.27. The number of nitrogens with one attached hydrogen (secondary N) is 1. The number of nitrogens with zero attached hydrogens (tertiary/aromatic N) is 2. The summed E-state index contributed by atoms with van der Waals surface area (Å²) in [6, 6.07) is 3.59. The lowest BCUT2D eigenvalue weighted by Gasteiger charge is -2.07. The number of aromatic nitrogens is 2. The quantitative estimate of drug-likeness (QED) is 0.781. The smallest absolute Gasteiger partial charge is 0.211 e. The summed E-state index contributed by atoms with van der Waals surface area (Å²) in [7, 11) is -6.62. The highest BCUT2D eigenvalue weighted by molar-refractivity contribution is 7.91. The van der Waals surface area contributed by atoms with E-state index in [0.717, 1.165) is 17.5 Å². The molecule has 0 amide bonds. The average molecular weight is 331 g/mol. The lowest BCUT2D eigenvalue weighted by atomic mass is 10.3. The van der Waals surface area contributed by atoms with Gasteiger partial charge in [-0.25, -0.2) is 26.5 Å². The Labute approximate surface area is 124 Å². The molecule has 2 rings (SSSR count). The molecule has 0 aromatic carbocycles. The summed E-state index contributed by atoms with van der Waals surface area (Å²) in [6.45, 7) is 0.157. The average Bonchev–Trinajstić information content (AvgIpc) is 2.82. The van der Waals surface area contributed by atoms with E-state index in [4.69, 9.17) is 0 Å². The highest BCUT2D eigenvalue weighted by Gasteiger charge is 2.12. The zero-order valence-corrected chi connectivity index (χ0v) is 13.2. The Hall–Kier alpha value is -1.45. The van der Waals surface area contributed by atoms with Crippen LogP contribution in [0.15, 0.2) is 30.7 Å². The van der Waals surface area contributed by atoms with Crippen molar-refractivity contribution in [1.82, 2.24) is 14.1 Å². The molecule has 0 aliphatic heterocycles. The first-order valence-electron chi connectivity index (χ1n) is 6.32. The lowest BCUT2D eigenvalue weighted by molar-refractivity contribution is 0.579. The fourth-order valence-corrected chi connectivity index (χ4v) is 3.75. The zero-order valence-electron chi connectivity index (χ0n) is 11.6. The van der Waals surface area contributed by atoms with Crippen molar-refractivity contribution >= 4 is 25.5 Å². The molecule has 7 nitrogen and oxygen atoms in total. The van der Waals surface area contributed by atoms with Crippen LogP contribution in [-0.4, -0.2) is 44.0 Å². The van der Waals surface area contributed by atoms with Crippen LogP contribution in [0.3, 0.4) is 0 Å². The minimum atomic E-state index is -3.48. The zero-order chi connectivity index (χ0) is 15.5. The van der Waals surface area contributed by atoms with Crippen LogP contribution in [0.2, 0.25) is 0 Å². The van der Waals surface area contributed by atoms with Crippen molar-refractivity contribution in [2.75, 3.05) is 17.8 Å². The van der Waals surface area contributed by atoms with Crippen molar-refractivity contribution in [3.05, 3.63) is 36.3 Å². The highest BCUT2D eigenvalue weighted by atomic mass is 32.2. The maximum absolute atomic E-state index is 11.8. The third kappa shape index (κ3) is 5.10. The standard InChI is InChI=1S/C12H17N3O4S2/c1-20(16,17)7-2-8-21(18,19)14-10-11-3-5-15-6-4-13-12(15)9-11/h3-6,9,14H,2,7-8,10H2,1H3. The summed E-state index contributed by atoms with van der Waals surface area (Å²) < 4.78 is 49.8. The van der Waals surface area contributed by atoms with E-state index in [1.54, 1.807) is 30.7 Å². The second kappa shape index (κ2) is 6.12. The molecule has 1 N–H and O–H groups in total. The van der Waals surface area contributed by atoms with Crippen LogP contribution >= 0.6 is 0 Å². The van der Waals surface area contributed by atoms with E-state index in [-0.39, 0.29) is 24.5 Å². The van der Waals surface area contributed by atoms with Crippen LogP contribution in [0, 0.1) is 0 Å². The largest absolute Gasteiger partial charge is 0.307 e. The Morgan fingerprint density at radius 3 is 2.67 bits per heavy atom. The Morgan fingerprint density at radius 1 is 1.19 bits per heavy atom. The van der Waals surface area contributed by atoms with Crippen molar-refractivity contribution in [2.24, 2.45) is 0 Å². The first-order valence-corrected chi connectivity index (χ1v) is 10.0. The number of fused-ring (bicyclic) bond motifs is 1. The van der Waals surface area contributed by atoms with Crippen molar-refractivity contribution in [1.29, 1.82) is 0 Å². The summed E-state index contributed by atoms with van der Waals surface area (Å²) in [5.74, 6) is -0.334. The summed E-state index contributed by atoms with van der Waals surface area (Å²) in [4.78, 5) is 4.12. The highest BCUT2D eigenvalue weighted by Crippen LogP contribution is 2.06. The van der Waals surface area contributed by atoms with E-state index in [1.807, 2.05) is 4.40 Å². The number of rotatable bonds is 7. The minimum Gasteiger partial charge on any atom is -0.307 e.